The molecule has 0 aliphatic carbocycles. The summed E-state index contributed by atoms with van der Waals surface area (Å²) in [6.07, 6.45) is 3.56. The number of aryl methyl sites for hydroxylation is 2. The number of anilines is 1. The number of ether oxygens (including phenoxy) is 1. The van der Waals surface area contributed by atoms with E-state index in [0.29, 0.717) is 12.6 Å². The average molecular weight is 361 g/mol. The fourth-order valence-corrected chi connectivity index (χ4v) is 4.29. The highest BCUT2D eigenvalue weighted by Gasteiger charge is 2.29. The average Bonchev–Trinajstić information content (AvgIpc) is 3.22. The second-order valence-electron chi connectivity index (χ2n) is 7.46. The predicted molar refractivity (Wildman–Crippen MR) is 103 cm³/mol. The summed E-state index contributed by atoms with van der Waals surface area (Å²) in [4.78, 5) is 11.6. The van der Waals surface area contributed by atoms with Crippen LogP contribution in [0.4, 0.5) is 5.82 Å². The Morgan fingerprint density at radius 3 is 2.89 bits per heavy atom. The van der Waals surface area contributed by atoms with Gasteiger partial charge < -0.3 is 9.64 Å². The maximum atomic E-state index is 5.98. The summed E-state index contributed by atoms with van der Waals surface area (Å²) in [5, 5.41) is 4.69. The van der Waals surface area contributed by atoms with Gasteiger partial charge in [0, 0.05) is 30.8 Å². The molecule has 3 aromatic rings. The maximum absolute atomic E-state index is 5.98. The quantitative estimate of drug-likeness (QED) is 0.701. The van der Waals surface area contributed by atoms with Crippen molar-refractivity contribution in [3.8, 4) is 5.75 Å². The number of hydrogen-bond acceptors (Lipinski definition) is 5. The van der Waals surface area contributed by atoms with Crippen molar-refractivity contribution in [2.45, 2.75) is 39.3 Å². The summed E-state index contributed by atoms with van der Waals surface area (Å²) >= 11 is 0. The molecule has 1 unspecified atom stereocenters. The molecule has 2 aromatic heterocycles. The Kier molecular flexibility index (Phi) is 3.85. The van der Waals surface area contributed by atoms with Gasteiger partial charge in [-0.05, 0) is 38.0 Å². The Morgan fingerprint density at radius 1 is 1.15 bits per heavy atom. The van der Waals surface area contributed by atoms with Gasteiger partial charge >= 0.3 is 0 Å². The van der Waals surface area contributed by atoms with Crippen LogP contribution in [0.2, 0.25) is 0 Å². The van der Waals surface area contributed by atoms with E-state index >= 15 is 0 Å². The molecule has 0 bridgehead atoms. The number of fused-ring (bicyclic) bond motifs is 2. The standard InChI is InChI=1S/C21H23N5O/c1-14-9-15(2)26(24-14)17-7-8-25(11-17)21-18-10-16-5-3-4-6-20(16)27-12-19(18)22-13-23-21/h3-6,9,13,17H,7-8,10-12H2,1-2H3. The van der Waals surface area contributed by atoms with Crippen LogP contribution in [0, 0.1) is 13.8 Å². The van der Waals surface area contributed by atoms with Crippen LogP contribution in [0.15, 0.2) is 36.7 Å². The van der Waals surface area contributed by atoms with Crippen LogP contribution in [-0.2, 0) is 13.0 Å². The zero-order valence-electron chi connectivity index (χ0n) is 15.7. The van der Waals surface area contributed by atoms with Crippen LogP contribution >= 0.6 is 0 Å². The van der Waals surface area contributed by atoms with Crippen molar-refractivity contribution in [2.75, 3.05) is 18.0 Å². The summed E-state index contributed by atoms with van der Waals surface area (Å²) in [5.41, 5.74) is 5.68. The molecule has 0 spiro atoms. The molecule has 138 valence electrons. The highest BCUT2D eigenvalue weighted by molar-refractivity contribution is 5.54. The third-order valence-corrected chi connectivity index (χ3v) is 5.57. The minimum Gasteiger partial charge on any atom is -0.487 e. The van der Waals surface area contributed by atoms with Gasteiger partial charge in [-0.25, -0.2) is 9.97 Å². The maximum Gasteiger partial charge on any atom is 0.135 e. The molecule has 2 aliphatic heterocycles. The van der Waals surface area contributed by atoms with Gasteiger partial charge in [0.15, 0.2) is 0 Å². The van der Waals surface area contributed by atoms with Crippen LogP contribution in [0.3, 0.4) is 0 Å². The topological polar surface area (TPSA) is 56.1 Å². The van der Waals surface area contributed by atoms with Crippen molar-refractivity contribution in [3.05, 3.63) is 64.9 Å². The second kappa shape index (κ2) is 6.37. The number of para-hydroxylation sites is 1. The molecular weight excluding hydrogens is 338 g/mol. The van der Waals surface area contributed by atoms with E-state index in [2.05, 4.69) is 56.7 Å². The lowest BCUT2D eigenvalue weighted by Crippen LogP contribution is -2.24. The SMILES string of the molecule is Cc1cc(C)n(C2CCN(c3ncnc4c3Cc3ccccc3OC4)C2)n1. The Morgan fingerprint density at radius 2 is 2.04 bits per heavy atom. The molecule has 0 amide bonds. The molecule has 1 atom stereocenters. The van der Waals surface area contributed by atoms with Crippen molar-refractivity contribution >= 4 is 5.82 Å². The molecule has 6 heteroatoms. The van der Waals surface area contributed by atoms with Crippen molar-refractivity contribution in [1.29, 1.82) is 0 Å². The monoisotopic (exact) mass is 361 g/mol. The predicted octanol–water partition coefficient (Wildman–Crippen LogP) is 3.22. The van der Waals surface area contributed by atoms with Gasteiger partial charge in [0.25, 0.3) is 0 Å². The number of nitrogens with zero attached hydrogens (tertiary/aromatic N) is 5. The second-order valence-corrected chi connectivity index (χ2v) is 7.46. The first-order chi connectivity index (χ1) is 13.2. The lowest BCUT2D eigenvalue weighted by molar-refractivity contribution is 0.302. The fourth-order valence-electron chi connectivity index (χ4n) is 4.29. The van der Waals surface area contributed by atoms with E-state index in [1.165, 1.54) is 16.8 Å². The van der Waals surface area contributed by atoms with Crippen molar-refractivity contribution in [2.24, 2.45) is 0 Å². The Labute approximate surface area is 158 Å². The molecule has 4 heterocycles. The summed E-state index contributed by atoms with van der Waals surface area (Å²) in [6.45, 7) is 6.59. The highest BCUT2D eigenvalue weighted by atomic mass is 16.5. The Balaban J connectivity index is 1.47. The molecule has 0 radical (unpaired) electrons. The number of aromatic nitrogens is 4. The number of rotatable bonds is 2. The normalized spacial score (nSPS) is 18.6. The summed E-state index contributed by atoms with van der Waals surface area (Å²) in [7, 11) is 0. The van der Waals surface area contributed by atoms with Gasteiger partial charge in [0.1, 0.15) is 24.5 Å². The largest absolute Gasteiger partial charge is 0.487 e. The van der Waals surface area contributed by atoms with E-state index < -0.39 is 0 Å². The molecule has 2 aliphatic rings. The van der Waals surface area contributed by atoms with Crippen LogP contribution < -0.4 is 9.64 Å². The zero-order chi connectivity index (χ0) is 18.4. The van der Waals surface area contributed by atoms with E-state index in [9.17, 15) is 0 Å². The van der Waals surface area contributed by atoms with Crippen molar-refractivity contribution in [3.63, 3.8) is 0 Å². The van der Waals surface area contributed by atoms with E-state index in [0.717, 1.165) is 48.9 Å². The first kappa shape index (κ1) is 16.3. The van der Waals surface area contributed by atoms with Crippen molar-refractivity contribution < 1.29 is 4.74 Å². The minimum absolute atomic E-state index is 0.388. The number of benzene rings is 1. The summed E-state index contributed by atoms with van der Waals surface area (Å²) < 4.78 is 8.15. The minimum atomic E-state index is 0.388. The van der Waals surface area contributed by atoms with E-state index in [1.54, 1.807) is 6.33 Å². The van der Waals surface area contributed by atoms with Gasteiger partial charge in [-0.2, -0.15) is 5.10 Å². The lowest BCUT2D eigenvalue weighted by atomic mass is 10.0. The van der Waals surface area contributed by atoms with Gasteiger partial charge in [-0.1, -0.05) is 18.2 Å². The van der Waals surface area contributed by atoms with Crippen molar-refractivity contribution in [1.82, 2.24) is 19.7 Å². The molecule has 1 aromatic carbocycles. The highest BCUT2D eigenvalue weighted by Crippen LogP contribution is 2.34. The van der Waals surface area contributed by atoms with Crippen LogP contribution in [0.25, 0.3) is 0 Å². The van der Waals surface area contributed by atoms with E-state index in [1.807, 2.05) is 12.1 Å². The van der Waals surface area contributed by atoms with Gasteiger partial charge in [0.2, 0.25) is 0 Å². The molecule has 6 nitrogen and oxygen atoms in total. The fraction of sp³-hybridized carbons (Fsp3) is 0.381. The first-order valence-electron chi connectivity index (χ1n) is 9.50. The van der Waals surface area contributed by atoms with Crippen LogP contribution in [0.5, 0.6) is 5.75 Å². The molecular formula is C21H23N5O. The molecule has 27 heavy (non-hydrogen) atoms. The lowest BCUT2D eigenvalue weighted by Gasteiger charge is -2.21. The Bertz CT molecular complexity index is 996. The first-order valence-corrected chi connectivity index (χ1v) is 9.50. The molecule has 1 fully saturated rings. The van der Waals surface area contributed by atoms with E-state index in [-0.39, 0.29) is 0 Å². The summed E-state index contributed by atoms with van der Waals surface area (Å²) in [6, 6.07) is 10.8. The van der Waals surface area contributed by atoms with Gasteiger partial charge in [-0.3, -0.25) is 4.68 Å². The number of hydrogen-bond donors (Lipinski definition) is 0. The van der Waals surface area contributed by atoms with Crippen LogP contribution in [-0.4, -0.2) is 32.8 Å². The van der Waals surface area contributed by atoms with E-state index in [4.69, 9.17) is 4.74 Å². The zero-order valence-corrected chi connectivity index (χ0v) is 15.7. The summed E-state index contributed by atoms with van der Waals surface area (Å²) in [5.74, 6) is 1.99. The van der Waals surface area contributed by atoms with Gasteiger partial charge in [-0.15, -0.1) is 0 Å². The van der Waals surface area contributed by atoms with Crippen LogP contribution in [0.1, 0.15) is 40.7 Å². The Hall–Kier alpha value is -2.89. The third kappa shape index (κ3) is 2.85. The smallest absolute Gasteiger partial charge is 0.135 e. The molecule has 0 N–H and O–H groups in total. The van der Waals surface area contributed by atoms with Gasteiger partial charge in [0.05, 0.1) is 17.4 Å². The molecule has 1 saturated heterocycles. The molecule has 5 rings (SSSR count). The molecule has 0 saturated carbocycles. The third-order valence-electron chi connectivity index (χ3n) is 5.57.